The van der Waals surface area contributed by atoms with Crippen LogP contribution >= 0.6 is 0 Å². The fourth-order valence-electron chi connectivity index (χ4n) is 2.79. The highest BCUT2D eigenvalue weighted by Crippen LogP contribution is 2.26. The van der Waals surface area contributed by atoms with Gasteiger partial charge < -0.3 is 4.74 Å². The highest BCUT2D eigenvalue weighted by atomic mass is 16.5. The van der Waals surface area contributed by atoms with Gasteiger partial charge in [0.2, 0.25) is 0 Å². The standard InChI is InChI=1S/C21H22O2/c1-2-16-7-9-17(10-8-16)5-3-4-6-18-11-12-19-20(22)13-14-23-21(19)15-18/h4,6-12,15H,2-3,5,13-14H2,1H3. The largest absolute Gasteiger partial charge is 0.492 e. The van der Waals surface area contributed by atoms with E-state index in [1.54, 1.807) is 0 Å². The molecule has 0 amide bonds. The molecule has 0 fully saturated rings. The Morgan fingerprint density at radius 2 is 1.87 bits per heavy atom. The van der Waals surface area contributed by atoms with Crippen molar-refractivity contribution in [1.82, 2.24) is 0 Å². The summed E-state index contributed by atoms with van der Waals surface area (Å²) in [5.41, 5.74) is 4.54. The summed E-state index contributed by atoms with van der Waals surface area (Å²) < 4.78 is 5.58. The average Bonchev–Trinajstić information content (AvgIpc) is 2.59. The van der Waals surface area contributed by atoms with Crippen molar-refractivity contribution < 1.29 is 9.53 Å². The number of aryl methyl sites for hydroxylation is 2. The second-order valence-corrected chi connectivity index (χ2v) is 5.89. The Hall–Kier alpha value is -2.35. The summed E-state index contributed by atoms with van der Waals surface area (Å²) in [5, 5.41) is 0. The summed E-state index contributed by atoms with van der Waals surface area (Å²) in [7, 11) is 0. The highest BCUT2D eigenvalue weighted by molar-refractivity contribution is 5.99. The minimum atomic E-state index is 0.178. The van der Waals surface area contributed by atoms with Gasteiger partial charge in [-0.2, -0.15) is 0 Å². The number of hydrogen-bond acceptors (Lipinski definition) is 2. The Kier molecular flexibility index (Phi) is 4.92. The molecule has 0 radical (unpaired) electrons. The molecule has 0 aliphatic carbocycles. The second kappa shape index (κ2) is 7.28. The van der Waals surface area contributed by atoms with Crippen LogP contribution in [0, 0.1) is 0 Å². The summed E-state index contributed by atoms with van der Waals surface area (Å²) >= 11 is 0. The average molecular weight is 306 g/mol. The minimum absolute atomic E-state index is 0.178. The van der Waals surface area contributed by atoms with Crippen molar-refractivity contribution in [2.45, 2.75) is 32.6 Å². The van der Waals surface area contributed by atoms with E-state index < -0.39 is 0 Å². The van der Waals surface area contributed by atoms with Gasteiger partial charge in [0.05, 0.1) is 12.2 Å². The van der Waals surface area contributed by atoms with Gasteiger partial charge in [-0.05, 0) is 48.1 Å². The maximum absolute atomic E-state index is 11.8. The van der Waals surface area contributed by atoms with Gasteiger partial charge in [-0.15, -0.1) is 0 Å². The molecular formula is C21H22O2. The Bertz CT molecular complexity index is 711. The summed E-state index contributed by atoms with van der Waals surface area (Å²) in [4.78, 5) is 11.8. The van der Waals surface area contributed by atoms with Gasteiger partial charge in [-0.1, -0.05) is 49.4 Å². The van der Waals surface area contributed by atoms with Crippen LogP contribution in [0.2, 0.25) is 0 Å². The number of benzene rings is 2. The van der Waals surface area contributed by atoms with E-state index in [-0.39, 0.29) is 5.78 Å². The van der Waals surface area contributed by atoms with Gasteiger partial charge in [-0.3, -0.25) is 4.79 Å². The number of carbonyl (C=O) groups excluding carboxylic acids is 1. The fraction of sp³-hybridized carbons (Fsp3) is 0.286. The predicted octanol–water partition coefficient (Wildman–Crippen LogP) is 4.86. The fourth-order valence-corrected chi connectivity index (χ4v) is 2.79. The third-order valence-electron chi connectivity index (χ3n) is 4.23. The molecule has 1 aliphatic rings. The van der Waals surface area contributed by atoms with Gasteiger partial charge in [-0.25, -0.2) is 0 Å². The van der Waals surface area contributed by atoms with Crippen LogP contribution in [-0.2, 0) is 12.8 Å². The van der Waals surface area contributed by atoms with Crippen LogP contribution < -0.4 is 4.74 Å². The van der Waals surface area contributed by atoms with E-state index in [1.165, 1.54) is 11.1 Å². The topological polar surface area (TPSA) is 26.3 Å². The maximum atomic E-state index is 11.8. The first kappa shape index (κ1) is 15.5. The molecule has 118 valence electrons. The number of ketones is 1. The lowest BCUT2D eigenvalue weighted by Crippen LogP contribution is -2.15. The van der Waals surface area contributed by atoms with Crippen LogP contribution in [0.15, 0.2) is 48.5 Å². The van der Waals surface area contributed by atoms with E-state index in [0.29, 0.717) is 18.6 Å². The smallest absolute Gasteiger partial charge is 0.169 e. The van der Waals surface area contributed by atoms with Gasteiger partial charge in [0.25, 0.3) is 0 Å². The lowest BCUT2D eigenvalue weighted by atomic mass is 10.0. The molecule has 23 heavy (non-hydrogen) atoms. The Morgan fingerprint density at radius 3 is 2.65 bits per heavy atom. The Labute approximate surface area is 137 Å². The number of fused-ring (bicyclic) bond motifs is 1. The molecule has 0 unspecified atom stereocenters. The van der Waals surface area contributed by atoms with Gasteiger partial charge >= 0.3 is 0 Å². The molecule has 3 rings (SSSR count). The van der Waals surface area contributed by atoms with Crippen LogP contribution in [0.4, 0.5) is 0 Å². The molecule has 0 atom stereocenters. The van der Waals surface area contributed by atoms with E-state index in [1.807, 2.05) is 18.2 Å². The lowest BCUT2D eigenvalue weighted by Gasteiger charge is -2.16. The minimum Gasteiger partial charge on any atom is -0.492 e. The molecule has 2 aromatic rings. The molecule has 0 saturated carbocycles. The molecule has 2 heteroatoms. The summed E-state index contributed by atoms with van der Waals surface area (Å²) in [6, 6.07) is 14.7. The lowest BCUT2D eigenvalue weighted by molar-refractivity contribution is 0.0933. The van der Waals surface area contributed by atoms with Crippen LogP contribution in [0.1, 0.15) is 46.8 Å². The first-order chi connectivity index (χ1) is 11.3. The van der Waals surface area contributed by atoms with Crippen molar-refractivity contribution in [3.05, 3.63) is 70.8 Å². The molecule has 2 aromatic carbocycles. The normalized spacial score (nSPS) is 13.9. The van der Waals surface area contributed by atoms with Crippen molar-refractivity contribution in [2.75, 3.05) is 6.61 Å². The quantitative estimate of drug-likeness (QED) is 0.788. The molecule has 0 N–H and O–H groups in total. The second-order valence-electron chi connectivity index (χ2n) is 5.89. The molecule has 0 bridgehead atoms. The van der Waals surface area contributed by atoms with Crippen molar-refractivity contribution >= 4 is 11.9 Å². The zero-order valence-corrected chi connectivity index (χ0v) is 13.5. The van der Waals surface area contributed by atoms with E-state index in [9.17, 15) is 4.79 Å². The third-order valence-corrected chi connectivity index (χ3v) is 4.23. The molecule has 0 spiro atoms. The zero-order valence-electron chi connectivity index (χ0n) is 13.5. The van der Waals surface area contributed by atoms with E-state index in [4.69, 9.17) is 4.74 Å². The zero-order chi connectivity index (χ0) is 16.1. The monoisotopic (exact) mass is 306 g/mol. The van der Waals surface area contributed by atoms with Crippen molar-refractivity contribution in [3.8, 4) is 5.75 Å². The Balaban J connectivity index is 1.58. The summed E-state index contributed by atoms with van der Waals surface area (Å²) in [6.45, 7) is 2.67. The predicted molar refractivity (Wildman–Crippen MR) is 94.1 cm³/mol. The molecule has 0 saturated heterocycles. The third kappa shape index (κ3) is 3.89. The van der Waals surface area contributed by atoms with Gasteiger partial charge in [0.1, 0.15) is 5.75 Å². The molecule has 1 aliphatic heterocycles. The van der Waals surface area contributed by atoms with Crippen molar-refractivity contribution in [3.63, 3.8) is 0 Å². The van der Waals surface area contributed by atoms with Crippen molar-refractivity contribution in [1.29, 1.82) is 0 Å². The number of rotatable bonds is 5. The van der Waals surface area contributed by atoms with E-state index >= 15 is 0 Å². The van der Waals surface area contributed by atoms with E-state index in [2.05, 4.69) is 43.3 Å². The summed E-state index contributed by atoms with van der Waals surface area (Å²) in [6.07, 6.45) is 7.90. The van der Waals surface area contributed by atoms with Gasteiger partial charge in [0, 0.05) is 6.42 Å². The van der Waals surface area contributed by atoms with E-state index in [0.717, 1.165) is 30.6 Å². The first-order valence-corrected chi connectivity index (χ1v) is 8.30. The number of hydrogen-bond donors (Lipinski definition) is 0. The van der Waals surface area contributed by atoms with Crippen LogP contribution in [0.5, 0.6) is 5.75 Å². The molecular weight excluding hydrogens is 284 g/mol. The summed E-state index contributed by atoms with van der Waals surface area (Å²) in [5.74, 6) is 0.899. The van der Waals surface area contributed by atoms with Gasteiger partial charge in [0.15, 0.2) is 5.78 Å². The molecule has 0 aromatic heterocycles. The van der Waals surface area contributed by atoms with Crippen LogP contribution in [0.3, 0.4) is 0 Å². The SMILES string of the molecule is CCc1ccc(CCC=Cc2ccc3c(c2)OCCC3=O)cc1. The molecule has 2 nitrogen and oxygen atoms in total. The highest BCUT2D eigenvalue weighted by Gasteiger charge is 2.17. The maximum Gasteiger partial charge on any atom is 0.169 e. The van der Waals surface area contributed by atoms with Crippen molar-refractivity contribution in [2.24, 2.45) is 0 Å². The first-order valence-electron chi connectivity index (χ1n) is 8.30. The van der Waals surface area contributed by atoms with Crippen LogP contribution in [-0.4, -0.2) is 12.4 Å². The van der Waals surface area contributed by atoms with Crippen LogP contribution in [0.25, 0.3) is 6.08 Å². The number of Topliss-reactive ketones (excluding diaryl/α,β-unsaturated/α-hetero) is 1. The Morgan fingerprint density at radius 1 is 1.09 bits per heavy atom. The number of allylic oxidation sites excluding steroid dienone is 1. The number of ether oxygens (including phenoxy) is 1. The number of carbonyl (C=O) groups is 1. The molecule has 1 heterocycles.